The van der Waals surface area contributed by atoms with Gasteiger partial charge < -0.3 is 19.8 Å². The van der Waals surface area contributed by atoms with Gasteiger partial charge in [0.1, 0.15) is 29.0 Å². The van der Waals surface area contributed by atoms with Crippen LogP contribution < -0.4 is 10.6 Å². The first kappa shape index (κ1) is 29.1. The van der Waals surface area contributed by atoms with E-state index in [0.717, 1.165) is 30.5 Å². The zero-order valence-electron chi connectivity index (χ0n) is 23.7. The highest BCUT2D eigenvalue weighted by atomic mass is 19.1. The first-order chi connectivity index (χ1) is 19.4. The van der Waals surface area contributed by atoms with E-state index in [9.17, 15) is 9.18 Å². The molecule has 0 unspecified atom stereocenters. The SMILES string of the molecule is CCCc1cc(N[C@@H](CC(C)C)C(=O)NCCCOCC)nc(-c2cncc(-c3cc4cc(F)ccc4o3)c2)n1. The fourth-order valence-electron chi connectivity index (χ4n) is 4.47. The van der Waals surface area contributed by atoms with E-state index in [-0.39, 0.29) is 11.7 Å². The zero-order valence-corrected chi connectivity index (χ0v) is 23.7. The summed E-state index contributed by atoms with van der Waals surface area (Å²) < 4.78 is 25.0. The van der Waals surface area contributed by atoms with Crippen LogP contribution in [0.3, 0.4) is 0 Å². The van der Waals surface area contributed by atoms with Crippen molar-refractivity contribution >= 4 is 22.7 Å². The molecule has 1 aromatic carbocycles. The number of nitrogens with zero attached hydrogens (tertiary/aromatic N) is 3. The summed E-state index contributed by atoms with van der Waals surface area (Å²) in [6.45, 7) is 10.1. The number of furan rings is 1. The second kappa shape index (κ2) is 14.0. The molecule has 4 aromatic rings. The Balaban J connectivity index is 1.60. The van der Waals surface area contributed by atoms with Crippen molar-refractivity contribution in [3.63, 3.8) is 0 Å². The average molecular weight is 548 g/mol. The van der Waals surface area contributed by atoms with E-state index < -0.39 is 6.04 Å². The van der Waals surface area contributed by atoms with Crippen molar-refractivity contribution in [2.75, 3.05) is 25.1 Å². The Bertz CT molecular complexity index is 1420. The first-order valence-corrected chi connectivity index (χ1v) is 14.0. The number of aryl methyl sites for hydroxylation is 1. The largest absolute Gasteiger partial charge is 0.456 e. The molecule has 9 heteroatoms. The monoisotopic (exact) mass is 547 g/mol. The molecule has 0 bridgehead atoms. The number of anilines is 1. The van der Waals surface area contributed by atoms with Crippen LogP contribution in [0.2, 0.25) is 0 Å². The molecule has 0 fully saturated rings. The topological polar surface area (TPSA) is 102 Å². The number of benzene rings is 1. The van der Waals surface area contributed by atoms with Gasteiger partial charge in [-0.05, 0) is 62.4 Å². The maximum atomic E-state index is 13.7. The van der Waals surface area contributed by atoms with Crippen LogP contribution in [0.5, 0.6) is 0 Å². The first-order valence-electron chi connectivity index (χ1n) is 14.0. The second-order valence-electron chi connectivity index (χ2n) is 10.2. The molecule has 1 atom stereocenters. The van der Waals surface area contributed by atoms with Crippen molar-refractivity contribution in [3.05, 3.63) is 60.3 Å². The molecule has 0 aliphatic rings. The highest BCUT2D eigenvalue weighted by molar-refractivity contribution is 5.85. The van der Waals surface area contributed by atoms with Gasteiger partial charge in [0.25, 0.3) is 0 Å². The van der Waals surface area contributed by atoms with Crippen molar-refractivity contribution < 1.29 is 18.3 Å². The molecule has 0 aliphatic heterocycles. The highest BCUT2D eigenvalue weighted by Gasteiger charge is 2.21. The molecular weight excluding hydrogens is 509 g/mol. The lowest BCUT2D eigenvalue weighted by molar-refractivity contribution is -0.122. The number of hydrogen-bond acceptors (Lipinski definition) is 7. The Morgan fingerprint density at radius 3 is 2.67 bits per heavy atom. The van der Waals surface area contributed by atoms with Gasteiger partial charge in [0, 0.05) is 60.4 Å². The molecule has 40 heavy (non-hydrogen) atoms. The lowest BCUT2D eigenvalue weighted by atomic mass is 10.0. The van der Waals surface area contributed by atoms with Gasteiger partial charge in [-0.15, -0.1) is 0 Å². The number of aromatic nitrogens is 3. The predicted octanol–water partition coefficient (Wildman–Crippen LogP) is 6.41. The molecule has 3 heterocycles. The van der Waals surface area contributed by atoms with Gasteiger partial charge >= 0.3 is 0 Å². The van der Waals surface area contributed by atoms with Gasteiger partial charge in [-0.25, -0.2) is 14.4 Å². The Kier molecular flexibility index (Phi) is 10.2. The van der Waals surface area contributed by atoms with Crippen molar-refractivity contribution in [1.82, 2.24) is 20.3 Å². The number of rotatable bonds is 14. The molecule has 212 valence electrons. The maximum absolute atomic E-state index is 13.7. The number of halogens is 1. The third kappa shape index (κ3) is 7.85. The molecule has 1 amide bonds. The van der Waals surface area contributed by atoms with E-state index in [1.165, 1.54) is 12.1 Å². The van der Waals surface area contributed by atoms with E-state index in [4.69, 9.17) is 19.1 Å². The summed E-state index contributed by atoms with van der Waals surface area (Å²) in [5, 5.41) is 7.08. The van der Waals surface area contributed by atoms with Gasteiger partial charge in [0.2, 0.25) is 5.91 Å². The molecule has 0 spiro atoms. The molecule has 0 saturated carbocycles. The van der Waals surface area contributed by atoms with Crippen LogP contribution in [0.25, 0.3) is 33.7 Å². The van der Waals surface area contributed by atoms with Gasteiger partial charge in [0.05, 0.1) is 0 Å². The van der Waals surface area contributed by atoms with Gasteiger partial charge in [-0.3, -0.25) is 9.78 Å². The second-order valence-corrected chi connectivity index (χ2v) is 10.2. The van der Waals surface area contributed by atoms with Crippen LogP contribution in [-0.4, -0.2) is 46.7 Å². The third-order valence-corrected chi connectivity index (χ3v) is 6.36. The van der Waals surface area contributed by atoms with E-state index >= 15 is 0 Å². The summed E-state index contributed by atoms with van der Waals surface area (Å²) in [5.41, 5.74) is 2.92. The van der Waals surface area contributed by atoms with Gasteiger partial charge in [0.15, 0.2) is 5.82 Å². The molecule has 8 nitrogen and oxygen atoms in total. The van der Waals surface area contributed by atoms with Crippen LogP contribution in [0.4, 0.5) is 10.2 Å². The maximum Gasteiger partial charge on any atom is 0.242 e. The number of ether oxygens (including phenoxy) is 1. The lowest BCUT2D eigenvalue weighted by Gasteiger charge is -2.21. The molecular formula is C31H38FN5O3. The van der Waals surface area contributed by atoms with Crippen molar-refractivity contribution in [2.24, 2.45) is 5.92 Å². The van der Waals surface area contributed by atoms with Crippen LogP contribution in [0.15, 0.2) is 53.2 Å². The standard InChI is InChI=1S/C31H38FN5O3/c1-5-8-25-17-29(36-26(13-20(3)4)31(38)34-11-7-12-39-6-2)37-30(35-25)23-14-22(18-33-19-23)28-16-21-15-24(32)9-10-27(21)40-28/h9-10,14-20,26H,5-8,11-13H2,1-4H3,(H,34,38)(H,35,36,37)/t26-/m0/s1. The third-order valence-electron chi connectivity index (χ3n) is 6.36. The molecule has 4 rings (SSSR count). The zero-order chi connectivity index (χ0) is 28.5. The number of hydrogen-bond donors (Lipinski definition) is 2. The average Bonchev–Trinajstić information content (AvgIpc) is 3.36. The van der Waals surface area contributed by atoms with Gasteiger partial charge in [-0.1, -0.05) is 27.2 Å². The minimum Gasteiger partial charge on any atom is -0.456 e. The quantitative estimate of drug-likeness (QED) is 0.176. The smallest absolute Gasteiger partial charge is 0.242 e. The summed E-state index contributed by atoms with van der Waals surface area (Å²) in [6.07, 6.45) is 6.50. The molecule has 3 aromatic heterocycles. The fraction of sp³-hybridized carbons (Fsp3) is 0.419. The van der Waals surface area contributed by atoms with Crippen LogP contribution >= 0.6 is 0 Å². The highest BCUT2D eigenvalue weighted by Crippen LogP contribution is 2.30. The minimum atomic E-state index is -0.440. The van der Waals surface area contributed by atoms with Crippen LogP contribution in [0.1, 0.15) is 52.7 Å². The normalized spacial score (nSPS) is 12.2. The van der Waals surface area contributed by atoms with Crippen molar-refractivity contribution in [2.45, 2.75) is 59.4 Å². The van der Waals surface area contributed by atoms with E-state index in [1.54, 1.807) is 24.5 Å². The number of nitrogens with one attached hydrogen (secondary N) is 2. The number of amides is 1. The molecule has 0 radical (unpaired) electrons. The fourth-order valence-corrected chi connectivity index (χ4v) is 4.47. The minimum absolute atomic E-state index is 0.0626. The summed E-state index contributed by atoms with van der Waals surface area (Å²) >= 11 is 0. The number of fused-ring (bicyclic) bond motifs is 1. The number of pyridine rings is 1. The van der Waals surface area contributed by atoms with Crippen LogP contribution in [0, 0.1) is 11.7 Å². The molecule has 0 aliphatic carbocycles. The van der Waals surface area contributed by atoms with Gasteiger partial charge in [-0.2, -0.15) is 0 Å². The predicted molar refractivity (Wildman–Crippen MR) is 155 cm³/mol. The summed E-state index contributed by atoms with van der Waals surface area (Å²) in [5.74, 6) is 1.60. The Morgan fingerprint density at radius 2 is 1.90 bits per heavy atom. The van der Waals surface area contributed by atoms with Crippen molar-refractivity contribution in [1.29, 1.82) is 0 Å². The van der Waals surface area contributed by atoms with E-state index in [0.29, 0.717) is 66.0 Å². The summed E-state index contributed by atoms with van der Waals surface area (Å²) in [4.78, 5) is 27.1. The van der Waals surface area contributed by atoms with E-state index in [1.807, 2.05) is 19.1 Å². The lowest BCUT2D eigenvalue weighted by Crippen LogP contribution is -2.41. The molecule has 2 N–H and O–H groups in total. The van der Waals surface area contributed by atoms with Crippen molar-refractivity contribution in [3.8, 4) is 22.7 Å². The van der Waals surface area contributed by atoms with E-state index in [2.05, 4.69) is 36.4 Å². The Hall–Kier alpha value is -3.85. The summed E-state index contributed by atoms with van der Waals surface area (Å²) in [7, 11) is 0. The Labute approximate surface area is 234 Å². The molecule has 0 saturated heterocycles. The van der Waals surface area contributed by atoms with Crippen LogP contribution in [-0.2, 0) is 16.0 Å². The Morgan fingerprint density at radius 1 is 1.07 bits per heavy atom. The number of carbonyl (C=O) groups excluding carboxylic acids is 1. The summed E-state index contributed by atoms with van der Waals surface area (Å²) in [6, 6.07) is 9.61. The number of carbonyl (C=O) groups is 1.